The molecule has 0 radical (unpaired) electrons. The molecule has 2 aromatic rings. The van der Waals surface area contributed by atoms with E-state index in [0.717, 1.165) is 9.71 Å². The van der Waals surface area contributed by atoms with Crippen LogP contribution in [0.1, 0.15) is 11.9 Å². The van der Waals surface area contributed by atoms with Gasteiger partial charge in [0, 0.05) is 20.0 Å². The number of hydrogen-bond acceptors (Lipinski definition) is 4. The summed E-state index contributed by atoms with van der Waals surface area (Å²) < 4.78 is 13.9. The second-order valence-electron chi connectivity index (χ2n) is 3.63. The lowest BCUT2D eigenvalue weighted by Crippen LogP contribution is -2.37. The summed E-state index contributed by atoms with van der Waals surface area (Å²) in [6, 6.07) is 4.53. The highest BCUT2D eigenvalue weighted by atomic mass is 32.1. The minimum absolute atomic E-state index is 0.0721. The van der Waals surface area contributed by atoms with Crippen LogP contribution >= 0.6 is 11.3 Å². The summed E-state index contributed by atoms with van der Waals surface area (Å²) in [7, 11) is 1.65. The number of carbonyl (C=O) groups excluding carboxylic acids is 1. The van der Waals surface area contributed by atoms with Gasteiger partial charge in [-0.15, -0.1) is 11.3 Å². The summed E-state index contributed by atoms with van der Waals surface area (Å²) in [5.41, 5.74) is 3.56. The Labute approximate surface area is 102 Å². The van der Waals surface area contributed by atoms with Crippen LogP contribution in [0.25, 0.3) is 10.2 Å². The molecule has 0 bridgehead atoms. The molecule has 0 unspecified atom stereocenters. The van der Waals surface area contributed by atoms with Crippen molar-refractivity contribution >= 4 is 27.5 Å². The van der Waals surface area contributed by atoms with Crippen molar-refractivity contribution in [2.24, 2.45) is 0 Å². The summed E-state index contributed by atoms with van der Waals surface area (Å²) in [6.07, 6.45) is 0. The van der Waals surface area contributed by atoms with Crippen molar-refractivity contribution in [2.45, 2.75) is 13.5 Å². The van der Waals surface area contributed by atoms with Gasteiger partial charge in [0.1, 0.15) is 10.8 Å². The van der Waals surface area contributed by atoms with E-state index in [9.17, 15) is 9.18 Å². The summed E-state index contributed by atoms with van der Waals surface area (Å²) in [4.78, 5) is 15.3. The number of benzene rings is 1. The van der Waals surface area contributed by atoms with Crippen LogP contribution in [0.5, 0.6) is 0 Å². The number of hydrazine groups is 1. The van der Waals surface area contributed by atoms with Gasteiger partial charge in [0.2, 0.25) is 5.91 Å². The van der Waals surface area contributed by atoms with Gasteiger partial charge >= 0.3 is 0 Å². The standard InChI is InChI=1S/C11H12FN3OS/c1-7(16)15(2)13-6-11-14-9-5-8(12)3-4-10(9)17-11/h3-5,13H,6H2,1-2H3. The highest BCUT2D eigenvalue weighted by Crippen LogP contribution is 2.22. The molecular weight excluding hydrogens is 241 g/mol. The van der Waals surface area contributed by atoms with Gasteiger partial charge in [-0.3, -0.25) is 9.80 Å². The molecule has 90 valence electrons. The number of nitrogens with zero attached hydrogens (tertiary/aromatic N) is 2. The molecule has 1 aromatic carbocycles. The van der Waals surface area contributed by atoms with E-state index in [-0.39, 0.29) is 11.7 Å². The number of hydrogen-bond donors (Lipinski definition) is 1. The average Bonchev–Trinajstić information content (AvgIpc) is 2.67. The first-order valence-electron chi connectivity index (χ1n) is 5.09. The lowest BCUT2D eigenvalue weighted by molar-refractivity contribution is -0.130. The Morgan fingerprint density at radius 2 is 2.35 bits per heavy atom. The molecule has 0 aliphatic rings. The van der Waals surface area contributed by atoms with Crippen molar-refractivity contribution < 1.29 is 9.18 Å². The normalized spacial score (nSPS) is 10.8. The molecular formula is C11H12FN3OS. The molecule has 0 aliphatic carbocycles. The molecule has 0 atom stereocenters. The number of halogens is 1. The smallest absolute Gasteiger partial charge is 0.233 e. The van der Waals surface area contributed by atoms with E-state index < -0.39 is 0 Å². The van der Waals surface area contributed by atoms with Crippen LogP contribution in [0.2, 0.25) is 0 Å². The molecule has 0 saturated carbocycles. The summed E-state index contributed by atoms with van der Waals surface area (Å²) in [5, 5.41) is 2.21. The monoisotopic (exact) mass is 253 g/mol. The van der Waals surface area contributed by atoms with Gasteiger partial charge in [-0.2, -0.15) is 0 Å². The number of carbonyl (C=O) groups is 1. The maximum Gasteiger partial charge on any atom is 0.233 e. The highest BCUT2D eigenvalue weighted by Gasteiger charge is 2.06. The zero-order valence-electron chi connectivity index (χ0n) is 9.53. The Kier molecular flexibility index (Phi) is 3.35. The quantitative estimate of drug-likeness (QED) is 0.850. The second kappa shape index (κ2) is 4.77. The zero-order valence-corrected chi connectivity index (χ0v) is 10.3. The number of fused-ring (bicyclic) bond motifs is 1. The molecule has 4 nitrogen and oxygen atoms in total. The molecule has 6 heteroatoms. The van der Waals surface area contributed by atoms with Gasteiger partial charge in [-0.1, -0.05) is 0 Å². The number of thiazole rings is 1. The number of rotatable bonds is 3. The number of aromatic nitrogens is 1. The first kappa shape index (κ1) is 11.9. The van der Waals surface area contributed by atoms with E-state index in [4.69, 9.17) is 0 Å². The third kappa shape index (κ3) is 2.78. The topological polar surface area (TPSA) is 45.2 Å². The van der Waals surface area contributed by atoms with Crippen LogP contribution in [0.3, 0.4) is 0 Å². The van der Waals surface area contributed by atoms with Gasteiger partial charge in [0.25, 0.3) is 0 Å². The van der Waals surface area contributed by atoms with Crippen LogP contribution in [0, 0.1) is 5.82 Å². The van der Waals surface area contributed by atoms with Gasteiger partial charge in [0.15, 0.2) is 0 Å². The predicted octanol–water partition coefficient (Wildman–Crippen LogP) is 1.92. The SMILES string of the molecule is CC(=O)N(C)NCc1nc2cc(F)ccc2s1. The van der Waals surface area contributed by atoms with Crippen LogP contribution in [-0.2, 0) is 11.3 Å². The maximum absolute atomic E-state index is 13.0. The van der Waals surface area contributed by atoms with E-state index in [1.54, 1.807) is 13.1 Å². The molecule has 1 amide bonds. The average molecular weight is 253 g/mol. The Balaban J connectivity index is 2.12. The Morgan fingerprint density at radius 3 is 3.06 bits per heavy atom. The van der Waals surface area contributed by atoms with E-state index in [0.29, 0.717) is 12.1 Å². The Morgan fingerprint density at radius 1 is 1.59 bits per heavy atom. The molecule has 2 rings (SSSR count). The van der Waals surface area contributed by atoms with Gasteiger partial charge < -0.3 is 0 Å². The molecule has 1 heterocycles. The molecule has 0 saturated heterocycles. The van der Waals surface area contributed by atoms with Crippen LogP contribution in [-0.4, -0.2) is 22.9 Å². The Hall–Kier alpha value is -1.53. The third-order valence-corrected chi connectivity index (χ3v) is 3.37. The molecule has 1 N–H and O–H groups in total. The van der Waals surface area contributed by atoms with E-state index in [2.05, 4.69) is 10.4 Å². The molecule has 1 aromatic heterocycles. The van der Waals surface area contributed by atoms with Crippen molar-refractivity contribution in [3.63, 3.8) is 0 Å². The van der Waals surface area contributed by atoms with Gasteiger partial charge in [-0.05, 0) is 12.1 Å². The van der Waals surface area contributed by atoms with Crippen molar-refractivity contribution in [2.75, 3.05) is 7.05 Å². The van der Waals surface area contributed by atoms with Crippen LogP contribution < -0.4 is 5.43 Å². The summed E-state index contributed by atoms with van der Waals surface area (Å²) in [6.45, 7) is 1.93. The third-order valence-electron chi connectivity index (χ3n) is 2.33. The fourth-order valence-corrected chi connectivity index (χ4v) is 2.20. The van der Waals surface area contributed by atoms with Crippen LogP contribution in [0.4, 0.5) is 4.39 Å². The van der Waals surface area contributed by atoms with Crippen molar-refractivity contribution in [1.29, 1.82) is 0 Å². The second-order valence-corrected chi connectivity index (χ2v) is 4.75. The molecule has 0 spiro atoms. The van der Waals surface area contributed by atoms with Gasteiger partial charge in [0.05, 0.1) is 16.8 Å². The first-order valence-corrected chi connectivity index (χ1v) is 5.90. The highest BCUT2D eigenvalue weighted by molar-refractivity contribution is 7.18. The largest absolute Gasteiger partial charge is 0.281 e. The lowest BCUT2D eigenvalue weighted by Gasteiger charge is -2.14. The summed E-state index contributed by atoms with van der Waals surface area (Å²) >= 11 is 1.48. The van der Waals surface area contributed by atoms with E-state index in [1.807, 2.05) is 0 Å². The van der Waals surface area contributed by atoms with E-state index in [1.165, 1.54) is 35.4 Å². The van der Waals surface area contributed by atoms with Gasteiger partial charge in [-0.25, -0.2) is 14.8 Å². The van der Waals surface area contributed by atoms with E-state index >= 15 is 0 Å². The number of amides is 1. The lowest BCUT2D eigenvalue weighted by atomic mass is 10.3. The fourth-order valence-electron chi connectivity index (χ4n) is 1.32. The molecule has 0 aliphatic heterocycles. The molecule has 17 heavy (non-hydrogen) atoms. The van der Waals surface area contributed by atoms with Crippen molar-refractivity contribution in [3.05, 3.63) is 29.0 Å². The Bertz CT molecular complexity index is 555. The maximum atomic E-state index is 13.0. The summed E-state index contributed by atoms with van der Waals surface area (Å²) in [5.74, 6) is -0.361. The predicted molar refractivity (Wildman–Crippen MR) is 64.9 cm³/mol. The van der Waals surface area contributed by atoms with Crippen LogP contribution in [0.15, 0.2) is 18.2 Å². The minimum atomic E-state index is -0.289. The molecule has 0 fully saturated rings. The van der Waals surface area contributed by atoms with Crippen molar-refractivity contribution in [1.82, 2.24) is 15.4 Å². The fraction of sp³-hybridized carbons (Fsp3) is 0.273. The van der Waals surface area contributed by atoms with Crippen molar-refractivity contribution in [3.8, 4) is 0 Å². The minimum Gasteiger partial charge on any atom is -0.281 e. The first-order chi connectivity index (χ1) is 8.06. The zero-order chi connectivity index (χ0) is 12.4. The number of nitrogens with one attached hydrogen (secondary N) is 1.